The van der Waals surface area contributed by atoms with E-state index in [4.69, 9.17) is 4.42 Å². The third-order valence-corrected chi connectivity index (χ3v) is 5.17. The molecule has 3 aromatic rings. The number of nitrogens with zero attached hydrogens (tertiary/aromatic N) is 4. The first-order valence-corrected chi connectivity index (χ1v) is 8.78. The fourth-order valence-electron chi connectivity index (χ4n) is 3.53. The molecule has 5 heteroatoms. The van der Waals surface area contributed by atoms with Gasteiger partial charge < -0.3 is 9.32 Å². The predicted molar refractivity (Wildman–Crippen MR) is 99.0 cm³/mol. The quantitative estimate of drug-likeness (QED) is 0.725. The van der Waals surface area contributed by atoms with Crippen molar-refractivity contribution in [1.29, 1.82) is 0 Å². The number of aromatic nitrogens is 3. The summed E-state index contributed by atoms with van der Waals surface area (Å²) >= 11 is 0. The van der Waals surface area contributed by atoms with Gasteiger partial charge in [-0.15, -0.1) is 10.2 Å². The molecule has 1 aliphatic heterocycles. The van der Waals surface area contributed by atoms with Crippen LogP contribution in [0, 0.1) is 0 Å². The van der Waals surface area contributed by atoms with E-state index in [1.165, 1.54) is 6.42 Å². The highest BCUT2D eigenvalue weighted by Crippen LogP contribution is 2.31. The van der Waals surface area contributed by atoms with Crippen molar-refractivity contribution in [2.45, 2.75) is 31.7 Å². The molecule has 5 nitrogen and oxygen atoms in total. The van der Waals surface area contributed by atoms with E-state index in [1.54, 1.807) is 0 Å². The molecule has 0 N–H and O–H groups in total. The molecule has 128 valence electrons. The van der Waals surface area contributed by atoms with Gasteiger partial charge in [-0.1, -0.05) is 18.2 Å². The number of likely N-dealkylation sites (tertiary alicyclic amines) is 1. The van der Waals surface area contributed by atoms with Crippen molar-refractivity contribution >= 4 is 23.1 Å². The number of hydrogen-bond donors (Lipinski definition) is 0. The Labute approximate surface area is 147 Å². The summed E-state index contributed by atoms with van der Waals surface area (Å²) in [6.07, 6.45) is 7.99. The lowest BCUT2D eigenvalue weighted by atomic mass is 9.91. The smallest absolute Gasteiger partial charge is 0.240 e. The van der Waals surface area contributed by atoms with E-state index in [2.05, 4.69) is 40.1 Å². The minimum absolute atomic E-state index is 0.315. The summed E-state index contributed by atoms with van der Waals surface area (Å²) in [5, 5.41) is 9.62. The lowest BCUT2D eigenvalue weighted by Gasteiger charge is -2.34. The average molecular weight is 334 g/mol. The molecule has 1 aliphatic rings. The first-order chi connectivity index (χ1) is 12.2. The van der Waals surface area contributed by atoms with Crippen LogP contribution in [0.15, 0.2) is 40.9 Å². The molecule has 1 saturated heterocycles. The molecule has 0 unspecified atom stereocenters. The lowest BCUT2D eigenvalue weighted by Crippen LogP contribution is -2.39. The SMILES string of the molecule is C[C@H]1[C@@H](c2nnc(C=Cc3ccnc4ccccc34)o2)CCCN1C. The number of hydrogen-bond acceptors (Lipinski definition) is 5. The van der Waals surface area contributed by atoms with Crippen LogP contribution in [0.4, 0.5) is 0 Å². The first-order valence-electron chi connectivity index (χ1n) is 8.78. The van der Waals surface area contributed by atoms with Crippen molar-refractivity contribution in [3.05, 3.63) is 53.9 Å². The molecule has 0 radical (unpaired) electrons. The Hall–Kier alpha value is -2.53. The fourth-order valence-corrected chi connectivity index (χ4v) is 3.53. The zero-order chi connectivity index (χ0) is 17.2. The second kappa shape index (κ2) is 6.76. The number of benzene rings is 1. The Kier molecular flexibility index (Phi) is 4.32. The Bertz CT molecular complexity index is 896. The van der Waals surface area contributed by atoms with Gasteiger partial charge in [0.1, 0.15) is 0 Å². The van der Waals surface area contributed by atoms with Crippen molar-refractivity contribution in [1.82, 2.24) is 20.1 Å². The van der Waals surface area contributed by atoms with E-state index >= 15 is 0 Å². The van der Waals surface area contributed by atoms with Crippen LogP contribution in [0.25, 0.3) is 23.1 Å². The number of para-hydroxylation sites is 1. The topological polar surface area (TPSA) is 55.1 Å². The molecule has 4 rings (SSSR count). The molecule has 3 heterocycles. The van der Waals surface area contributed by atoms with E-state index in [0.29, 0.717) is 17.9 Å². The maximum atomic E-state index is 5.92. The predicted octanol–water partition coefficient (Wildman–Crippen LogP) is 3.99. The highest BCUT2D eigenvalue weighted by molar-refractivity contribution is 5.89. The van der Waals surface area contributed by atoms with Crippen LogP contribution in [0.5, 0.6) is 0 Å². The monoisotopic (exact) mass is 334 g/mol. The molecular formula is C20H22N4O. The summed E-state index contributed by atoms with van der Waals surface area (Å²) in [5.41, 5.74) is 2.08. The molecule has 0 spiro atoms. The lowest BCUT2D eigenvalue weighted by molar-refractivity contribution is 0.158. The van der Waals surface area contributed by atoms with Gasteiger partial charge in [-0.25, -0.2) is 0 Å². The Morgan fingerprint density at radius 3 is 2.96 bits per heavy atom. The van der Waals surface area contributed by atoms with Gasteiger partial charge in [-0.05, 0) is 57.1 Å². The minimum atomic E-state index is 0.315. The van der Waals surface area contributed by atoms with Crippen LogP contribution in [0.3, 0.4) is 0 Å². The van der Waals surface area contributed by atoms with Gasteiger partial charge in [0.15, 0.2) is 0 Å². The van der Waals surface area contributed by atoms with Gasteiger partial charge in [-0.3, -0.25) is 4.98 Å². The zero-order valence-electron chi connectivity index (χ0n) is 14.6. The summed E-state index contributed by atoms with van der Waals surface area (Å²) in [4.78, 5) is 6.75. The van der Waals surface area contributed by atoms with E-state index in [9.17, 15) is 0 Å². The third-order valence-electron chi connectivity index (χ3n) is 5.17. The molecule has 1 fully saturated rings. The highest BCUT2D eigenvalue weighted by atomic mass is 16.4. The van der Waals surface area contributed by atoms with E-state index in [-0.39, 0.29) is 0 Å². The number of piperidine rings is 1. The Morgan fingerprint density at radius 2 is 2.04 bits per heavy atom. The third kappa shape index (κ3) is 3.20. The number of rotatable bonds is 3. The first kappa shape index (κ1) is 16.0. The van der Waals surface area contributed by atoms with Gasteiger partial charge in [0, 0.05) is 23.7 Å². The van der Waals surface area contributed by atoms with Crippen molar-refractivity contribution in [2.75, 3.05) is 13.6 Å². The minimum Gasteiger partial charge on any atom is -0.421 e. The van der Waals surface area contributed by atoms with Crippen molar-refractivity contribution in [3.8, 4) is 0 Å². The molecule has 2 aromatic heterocycles. The summed E-state index contributed by atoms with van der Waals surface area (Å²) in [5.74, 6) is 1.62. The summed E-state index contributed by atoms with van der Waals surface area (Å²) in [6.45, 7) is 3.36. The summed E-state index contributed by atoms with van der Waals surface area (Å²) in [6, 6.07) is 10.5. The van der Waals surface area contributed by atoms with E-state index in [1.807, 2.05) is 42.6 Å². The van der Waals surface area contributed by atoms with Gasteiger partial charge in [0.25, 0.3) is 0 Å². The number of fused-ring (bicyclic) bond motifs is 1. The standard InChI is InChI=1S/C20H22N4O/c1-14-16(7-5-13-24(14)2)20-23-22-19(25-20)10-9-15-11-12-21-18-8-4-3-6-17(15)18/h3-4,6,8-12,14,16H,5,7,13H2,1-2H3/t14-,16-/m0/s1. The molecule has 25 heavy (non-hydrogen) atoms. The summed E-state index contributed by atoms with van der Waals surface area (Å²) < 4.78 is 5.92. The molecule has 1 aromatic carbocycles. The van der Waals surface area contributed by atoms with Crippen LogP contribution in [-0.2, 0) is 0 Å². The van der Waals surface area contributed by atoms with Gasteiger partial charge in [0.2, 0.25) is 11.8 Å². The zero-order valence-corrected chi connectivity index (χ0v) is 14.6. The molecular weight excluding hydrogens is 312 g/mol. The van der Waals surface area contributed by atoms with E-state index in [0.717, 1.165) is 35.3 Å². The van der Waals surface area contributed by atoms with Crippen molar-refractivity contribution < 1.29 is 4.42 Å². The second-order valence-corrected chi connectivity index (χ2v) is 6.70. The summed E-state index contributed by atoms with van der Waals surface area (Å²) in [7, 11) is 2.16. The van der Waals surface area contributed by atoms with Crippen molar-refractivity contribution in [3.63, 3.8) is 0 Å². The Balaban J connectivity index is 1.57. The molecule has 0 aliphatic carbocycles. The highest BCUT2D eigenvalue weighted by Gasteiger charge is 2.30. The second-order valence-electron chi connectivity index (χ2n) is 6.70. The normalized spacial score (nSPS) is 22.0. The largest absolute Gasteiger partial charge is 0.421 e. The van der Waals surface area contributed by atoms with Crippen molar-refractivity contribution in [2.24, 2.45) is 0 Å². The Morgan fingerprint density at radius 1 is 1.16 bits per heavy atom. The molecule has 0 amide bonds. The van der Waals surface area contributed by atoms with Gasteiger partial charge in [-0.2, -0.15) is 0 Å². The average Bonchev–Trinajstić information content (AvgIpc) is 3.11. The number of likely N-dealkylation sites (N-methyl/N-ethyl adjacent to an activating group) is 1. The van der Waals surface area contributed by atoms with Crippen LogP contribution in [0.1, 0.15) is 43.0 Å². The van der Waals surface area contributed by atoms with Crippen LogP contribution in [0.2, 0.25) is 0 Å². The van der Waals surface area contributed by atoms with Crippen LogP contribution >= 0.6 is 0 Å². The number of pyridine rings is 1. The van der Waals surface area contributed by atoms with Crippen LogP contribution < -0.4 is 0 Å². The van der Waals surface area contributed by atoms with Crippen LogP contribution in [-0.4, -0.2) is 39.7 Å². The molecule has 0 saturated carbocycles. The van der Waals surface area contributed by atoms with Gasteiger partial charge >= 0.3 is 0 Å². The maximum Gasteiger partial charge on any atom is 0.240 e. The molecule has 2 atom stereocenters. The maximum absolute atomic E-state index is 5.92. The van der Waals surface area contributed by atoms with E-state index < -0.39 is 0 Å². The molecule has 0 bridgehead atoms. The van der Waals surface area contributed by atoms with Gasteiger partial charge in [0.05, 0.1) is 11.4 Å². The fraction of sp³-hybridized carbons (Fsp3) is 0.350.